The maximum Gasteiger partial charge on any atom is 0.255 e. The molecule has 0 saturated heterocycles. The maximum atomic E-state index is 13.3. The summed E-state index contributed by atoms with van der Waals surface area (Å²) < 4.78 is 2.05. The molecule has 0 radical (unpaired) electrons. The molecule has 2 amide bonds. The van der Waals surface area contributed by atoms with Crippen LogP contribution in [0.1, 0.15) is 59.2 Å². The van der Waals surface area contributed by atoms with E-state index in [1.165, 1.54) is 0 Å². The second-order valence-corrected chi connectivity index (χ2v) is 7.82. The quantitative estimate of drug-likeness (QED) is 0.643. The van der Waals surface area contributed by atoms with Crippen molar-refractivity contribution in [3.63, 3.8) is 0 Å². The second-order valence-electron chi connectivity index (χ2n) is 7.41. The van der Waals surface area contributed by atoms with Crippen molar-refractivity contribution in [2.45, 2.75) is 52.7 Å². The first-order valence-corrected chi connectivity index (χ1v) is 10.8. The van der Waals surface area contributed by atoms with E-state index < -0.39 is 6.04 Å². The Balaban J connectivity index is 0.00000112. The van der Waals surface area contributed by atoms with Crippen LogP contribution < -0.4 is 5.32 Å². The molecule has 0 spiro atoms. The normalized spacial score (nSPS) is 15.2. The number of nitrogens with one attached hydrogen (secondary N) is 2. The van der Waals surface area contributed by atoms with Crippen LogP contribution in [0.15, 0.2) is 30.9 Å². The lowest BCUT2D eigenvalue weighted by Crippen LogP contribution is -2.38. The van der Waals surface area contributed by atoms with Gasteiger partial charge in [0.25, 0.3) is 11.8 Å². The monoisotopic (exact) mass is 440 g/mol. The molecular weight excluding hydrogens is 416 g/mol. The SMILES string of the molecule is CC.Cc1cc(Cl)c2c(c1)C(=O)N(C(C(=O)Nc1ncc[nH]1)c1ncn3c1CCC3)C2. The highest BCUT2D eigenvalue weighted by Gasteiger charge is 2.41. The molecule has 4 heterocycles. The average Bonchev–Trinajstić information content (AvgIpc) is 3.52. The number of carbonyl (C=O) groups is 2. The number of hydrogen-bond acceptors (Lipinski definition) is 4. The summed E-state index contributed by atoms with van der Waals surface area (Å²) in [6, 6.07) is 2.79. The fourth-order valence-electron chi connectivity index (χ4n) is 4.19. The summed E-state index contributed by atoms with van der Waals surface area (Å²) in [5, 5.41) is 3.31. The van der Waals surface area contributed by atoms with Crippen LogP contribution in [-0.2, 0) is 24.3 Å². The topological polar surface area (TPSA) is 95.9 Å². The number of carbonyl (C=O) groups excluding carboxylic acids is 2. The predicted molar refractivity (Wildman–Crippen MR) is 118 cm³/mol. The van der Waals surface area contributed by atoms with Crippen LogP contribution in [0.3, 0.4) is 0 Å². The van der Waals surface area contributed by atoms with Gasteiger partial charge in [-0.2, -0.15) is 0 Å². The average molecular weight is 441 g/mol. The first-order valence-electron chi connectivity index (χ1n) is 10.5. The van der Waals surface area contributed by atoms with E-state index in [2.05, 4.69) is 20.3 Å². The van der Waals surface area contributed by atoms with Crippen LogP contribution in [0.25, 0.3) is 0 Å². The Hall–Kier alpha value is -3.13. The lowest BCUT2D eigenvalue weighted by Gasteiger charge is -2.26. The number of nitrogens with zero attached hydrogens (tertiary/aromatic N) is 4. The van der Waals surface area contributed by atoms with Crippen LogP contribution in [0.2, 0.25) is 5.02 Å². The van der Waals surface area contributed by atoms with Crippen LogP contribution in [0.4, 0.5) is 5.95 Å². The number of amides is 2. The molecule has 2 aliphatic heterocycles. The highest BCUT2D eigenvalue weighted by atomic mass is 35.5. The predicted octanol–water partition coefficient (Wildman–Crippen LogP) is 3.88. The zero-order valence-electron chi connectivity index (χ0n) is 17.8. The third-order valence-corrected chi connectivity index (χ3v) is 5.85. The lowest BCUT2D eigenvalue weighted by atomic mass is 10.1. The fraction of sp³-hybridized carbons (Fsp3) is 0.364. The molecule has 9 heteroatoms. The van der Waals surface area contributed by atoms with Gasteiger partial charge in [-0.3, -0.25) is 14.9 Å². The molecule has 0 bridgehead atoms. The smallest absolute Gasteiger partial charge is 0.255 e. The van der Waals surface area contributed by atoms with Crippen LogP contribution in [0.5, 0.6) is 0 Å². The third-order valence-electron chi connectivity index (χ3n) is 5.51. The number of halogens is 1. The molecule has 2 aromatic heterocycles. The minimum atomic E-state index is -0.870. The molecular formula is C22H25ClN6O2. The van der Waals surface area contributed by atoms with E-state index >= 15 is 0 Å². The number of aryl methyl sites for hydroxylation is 2. The lowest BCUT2D eigenvalue weighted by molar-refractivity contribution is -0.121. The van der Waals surface area contributed by atoms with Crippen molar-refractivity contribution in [3.05, 3.63) is 64.0 Å². The van der Waals surface area contributed by atoms with Gasteiger partial charge in [0, 0.05) is 47.3 Å². The van der Waals surface area contributed by atoms with E-state index in [-0.39, 0.29) is 18.4 Å². The van der Waals surface area contributed by atoms with Gasteiger partial charge in [-0.25, -0.2) is 9.97 Å². The van der Waals surface area contributed by atoms with E-state index in [1.807, 2.05) is 37.5 Å². The molecule has 1 atom stereocenters. The van der Waals surface area contributed by atoms with E-state index in [0.717, 1.165) is 36.2 Å². The highest BCUT2D eigenvalue weighted by Crippen LogP contribution is 2.37. The Morgan fingerprint density at radius 1 is 1.29 bits per heavy atom. The Morgan fingerprint density at radius 2 is 2.10 bits per heavy atom. The Kier molecular flexibility index (Phi) is 5.82. The summed E-state index contributed by atoms with van der Waals surface area (Å²) >= 11 is 6.41. The summed E-state index contributed by atoms with van der Waals surface area (Å²) in [5.74, 6) is -0.249. The molecule has 5 rings (SSSR count). The molecule has 2 N–H and O–H groups in total. The second kappa shape index (κ2) is 8.55. The van der Waals surface area contributed by atoms with Crippen LogP contribution in [0, 0.1) is 6.92 Å². The Labute approximate surface area is 185 Å². The van der Waals surface area contributed by atoms with E-state index in [1.54, 1.807) is 23.6 Å². The van der Waals surface area contributed by atoms with Crippen molar-refractivity contribution >= 4 is 29.4 Å². The van der Waals surface area contributed by atoms with Gasteiger partial charge in [-0.1, -0.05) is 25.4 Å². The van der Waals surface area contributed by atoms with Crippen LogP contribution >= 0.6 is 11.6 Å². The number of H-pyrrole nitrogens is 1. The minimum Gasteiger partial charge on any atom is -0.334 e. The molecule has 1 unspecified atom stereocenters. The van der Waals surface area contributed by atoms with Crippen molar-refractivity contribution in [2.75, 3.05) is 5.32 Å². The molecule has 3 aromatic rings. The number of aromatic amines is 1. The summed E-state index contributed by atoms with van der Waals surface area (Å²) in [5.41, 5.74) is 3.80. The van der Waals surface area contributed by atoms with Crippen LogP contribution in [-0.4, -0.2) is 36.2 Å². The molecule has 8 nitrogen and oxygen atoms in total. The van der Waals surface area contributed by atoms with Gasteiger partial charge in [-0.05, 0) is 37.5 Å². The molecule has 0 fully saturated rings. The van der Waals surface area contributed by atoms with Gasteiger partial charge in [-0.15, -0.1) is 0 Å². The minimum absolute atomic E-state index is 0.218. The van der Waals surface area contributed by atoms with Crippen molar-refractivity contribution in [1.82, 2.24) is 24.4 Å². The molecule has 0 saturated carbocycles. The van der Waals surface area contributed by atoms with Gasteiger partial charge in [0.2, 0.25) is 5.95 Å². The molecule has 1 aromatic carbocycles. The van der Waals surface area contributed by atoms with E-state index in [9.17, 15) is 9.59 Å². The van der Waals surface area contributed by atoms with Gasteiger partial charge in [0.1, 0.15) is 0 Å². The van der Waals surface area contributed by atoms with Crippen molar-refractivity contribution in [1.29, 1.82) is 0 Å². The summed E-state index contributed by atoms with van der Waals surface area (Å²) in [6.07, 6.45) is 6.75. The van der Waals surface area contributed by atoms with E-state index in [4.69, 9.17) is 11.6 Å². The Morgan fingerprint density at radius 3 is 2.84 bits per heavy atom. The summed E-state index contributed by atoms with van der Waals surface area (Å²) in [6.45, 7) is 7.02. The number of hydrogen-bond donors (Lipinski definition) is 2. The van der Waals surface area contributed by atoms with Gasteiger partial charge < -0.3 is 14.5 Å². The maximum absolute atomic E-state index is 13.3. The highest BCUT2D eigenvalue weighted by molar-refractivity contribution is 6.32. The van der Waals surface area contributed by atoms with Crippen molar-refractivity contribution < 1.29 is 9.59 Å². The van der Waals surface area contributed by atoms with Gasteiger partial charge >= 0.3 is 0 Å². The number of fused-ring (bicyclic) bond motifs is 2. The van der Waals surface area contributed by atoms with Crippen molar-refractivity contribution in [3.8, 4) is 0 Å². The summed E-state index contributed by atoms with van der Waals surface area (Å²) in [4.78, 5) is 39.6. The Bertz CT molecular complexity index is 1120. The molecule has 162 valence electrons. The number of aromatic nitrogens is 4. The first-order chi connectivity index (χ1) is 15.0. The van der Waals surface area contributed by atoms with Gasteiger partial charge in [0.05, 0.1) is 12.0 Å². The fourth-order valence-corrected chi connectivity index (χ4v) is 4.53. The molecule has 0 aliphatic carbocycles. The number of imidazole rings is 2. The zero-order chi connectivity index (χ0) is 22.1. The first kappa shape index (κ1) is 21.1. The molecule has 31 heavy (non-hydrogen) atoms. The third kappa shape index (κ3) is 3.72. The number of rotatable bonds is 4. The molecule has 2 aliphatic rings. The zero-order valence-corrected chi connectivity index (χ0v) is 18.5. The van der Waals surface area contributed by atoms with Crippen molar-refractivity contribution in [2.24, 2.45) is 0 Å². The van der Waals surface area contributed by atoms with Gasteiger partial charge in [0.15, 0.2) is 6.04 Å². The standard InChI is InChI=1S/C20H19ClN6O2.C2H6/c1-11-7-12-13(14(21)8-11)9-27(19(12)29)17(18(28)25-20-22-4-5-23-20)16-15-3-2-6-26(15)10-24-16;1-2/h4-5,7-8,10,17H,2-3,6,9H2,1H3,(H2,22,23,25,28);1-2H3. The number of anilines is 1. The largest absolute Gasteiger partial charge is 0.334 e. The number of benzene rings is 1. The summed E-state index contributed by atoms with van der Waals surface area (Å²) in [7, 11) is 0. The van der Waals surface area contributed by atoms with E-state index in [0.29, 0.717) is 22.2 Å².